The van der Waals surface area contributed by atoms with E-state index in [4.69, 9.17) is 0 Å². The molecular formula is C13H17BrN2O2. The van der Waals surface area contributed by atoms with E-state index < -0.39 is 12.0 Å². The lowest BCUT2D eigenvalue weighted by Crippen LogP contribution is -2.47. The van der Waals surface area contributed by atoms with Gasteiger partial charge in [0.2, 0.25) is 0 Å². The Bertz CT molecular complexity index is 445. The Morgan fingerprint density at radius 3 is 2.67 bits per heavy atom. The van der Waals surface area contributed by atoms with Crippen LogP contribution in [0.5, 0.6) is 0 Å². The van der Waals surface area contributed by atoms with Crippen LogP contribution in [0.3, 0.4) is 0 Å². The smallest absolute Gasteiger partial charge is 0.325 e. The molecule has 0 aromatic heterocycles. The van der Waals surface area contributed by atoms with Crippen LogP contribution in [0.4, 0.5) is 0 Å². The predicted octanol–water partition coefficient (Wildman–Crippen LogP) is 1.79. The van der Waals surface area contributed by atoms with Crippen LogP contribution in [0, 0.1) is 6.92 Å². The maximum Gasteiger partial charge on any atom is 0.325 e. The quantitative estimate of drug-likeness (QED) is 0.893. The number of rotatable bonds is 3. The Morgan fingerprint density at radius 2 is 2.11 bits per heavy atom. The molecule has 1 unspecified atom stereocenters. The SMILES string of the molecule is Cc1ccc(C(C(=O)O)N2CCNCC2)c(Br)c1. The van der Waals surface area contributed by atoms with E-state index in [9.17, 15) is 9.90 Å². The highest BCUT2D eigenvalue weighted by atomic mass is 79.9. The summed E-state index contributed by atoms with van der Waals surface area (Å²) in [5.74, 6) is -0.790. The fourth-order valence-corrected chi connectivity index (χ4v) is 2.99. The molecule has 0 bridgehead atoms. The molecule has 4 nitrogen and oxygen atoms in total. The molecule has 0 aliphatic carbocycles. The maximum absolute atomic E-state index is 11.6. The van der Waals surface area contributed by atoms with Crippen molar-refractivity contribution in [3.8, 4) is 0 Å². The number of carboxylic acids is 1. The second-order valence-electron chi connectivity index (χ2n) is 4.55. The summed E-state index contributed by atoms with van der Waals surface area (Å²) in [7, 11) is 0. The van der Waals surface area contributed by atoms with Gasteiger partial charge in [-0.15, -0.1) is 0 Å². The first-order valence-corrected chi connectivity index (χ1v) is 6.82. The van der Waals surface area contributed by atoms with Crippen LogP contribution in [-0.2, 0) is 4.79 Å². The van der Waals surface area contributed by atoms with Gasteiger partial charge in [0.15, 0.2) is 0 Å². The normalized spacial score (nSPS) is 18.6. The van der Waals surface area contributed by atoms with Gasteiger partial charge in [0.1, 0.15) is 6.04 Å². The minimum atomic E-state index is -0.790. The number of aryl methyl sites for hydroxylation is 1. The zero-order chi connectivity index (χ0) is 13.1. The van der Waals surface area contributed by atoms with Gasteiger partial charge >= 0.3 is 5.97 Å². The minimum Gasteiger partial charge on any atom is -0.480 e. The molecule has 1 saturated heterocycles. The van der Waals surface area contributed by atoms with Gasteiger partial charge in [-0.1, -0.05) is 28.1 Å². The van der Waals surface area contributed by atoms with Gasteiger partial charge in [-0.2, -0.15) is 0 Å². The van der Waals surface area contributed by atoms with E-state index in [0.717, 1.165) is 41.8 Å². The van der Waals surface area contributed by atoms with Crippen molar-refractivity contribution >= 4 is 21.9 Å². The van der Waals surface area contributed by atoms with Crippen LogP contribution in [0.15, 0.2) is 22.7 Å². The standard InChI is InChI=1S/C13H17BrN2O2/c1-9-2-3-10(11(14)8-9)12(13(17)18)16-6-4-15-5-7-16/h2-3,8,12,15H,4-7H2,1H3,(H,17,18). The van der Waals surface area contributed by atoms with Crippen molar-refractivity contribution in [3.05, 3.63) is 33.8 Å². The van der Waals surface area contributed by atoms with Crippen LogP contribution in [0.1, 0.15) is 17.2 Å². The molecule has 1 fully saturated rings. The summed E-state index contributed by atoms with van der Waals surface area (Å²) in [6, 6.07) is 5.26. The van der Waals surface area contributed by atoms with Gasteiger partial charge in [0.25, 0.3) is 0 Å². The van der Waals surface area contributed by atoms with Gasteiger partial charge in [-0.25, -0.2) is 0 Å². The van der Waals surface area contributed by atoms with Crippen LogP contribution < -0.4 is 5.32 Å². The highest BCUT2D eigenvalue weighted by Crippen LogP contribution is 2.29. The second kappa shape index (κ2) is 5.82. The topological polar surface area (TPSA) is 52.6 Å². The monoisotopic (exact) mass is 312 g/mol. The third kappa shape index (κ3) is 2.91. The highest BCUT2D eigenvalue weighted by molar-refractivity contribution is 9.10. The summed E-state index contributed by atoms with van der Waals surface area (Å²) in [4.78, 5) is 13.6. The van der Waals surface area contributed by atoms with Crippen LogP contribution >= 0.6 is 15.9 Å². The molecular weight excluding hydrogens is 296 g/mol. The number of carboxylic acid groups (broad SMARTS) is 1. The fourth-order valence-electron chi connectivity index (χ4n) is 2.28. The van der Waals surface area contributed by atoms with Gasteiger partial charge in [-0.3, -0.25) is 9.69 Å². The van der Waals surface area contributed by atoms with Crippen molar-refractivity contribution in [1.29, 1.82) is 0 Å². The summed E-state index contributed by atoms with van der Waals surface area (Å²) >= 11 is 3.48. The van der Waals surface area contributed by atoms with Crippen molar-refractivity contribution in [1.82, 2.24) is 10.2 Å². The Kier molecular flexibility index (Phi) is 4.37. The zero-order valence-corrected chi connectivity index (χ0v) is 11.9. The Labute approximate surface area is 115 Å². The van der Waals surface area contributed by atoms with Gasteiger partial charge in [0.05, 0.1) is 0 Å². The summed E-state index contributed by atoms with van der Waals surface area (Å²) in [6.45, 7) is 5.20. The maximum atomic E-state index is 11.6. The molecule has 1 atom stereocenters. The van der Waals surface area contributed by atoms with Crippen molar-refractivity contribution in [2.75, 3.05) is 26.2 Å². The first-order chi connectivity index (χ1) is 8.59. The number of halogens is 1. The molecule has 0 spiro atoms. The predicted molar refractivity (Wildman–Crippen MR) is 73.7 cm³/mol. The third-order valence-corrected chi connectivity index (χ3v) is 3.89. The Balaban J connectivity index is 2.31. The molecule has 1 aliphatic rings. The number of nitrogens with one attached hydrogen (secondary N) is 1. The summed E-state index contributed by atoms with van der Waals surface area (Å²) in [5.41, 5.74) is 1.95. The van der Waals surface area contributed by atoms with Crippen molar-refractivity contribution in [2.45, 2.75) is 13.0 Å². The molecule has 0 saturated carbocycles. The molecule has 1 aromatic rings. The van der Waals surface area contributed by atoms with E-state index in [1.54, 1.807) is 0 Å². The van der Waals surface area contributed by atoms with E-state index >= 15 is 0 Å². The summed E-state index contributed by atoms with van der Waals surface area (Å²) in [6.07, 6.45) is 0. The van der Waals surface area contributed by atoms with Crippen molar-refractivity contribution in [3.63, 3.8) is 0 Å². The zero-order valence-electron chi connectivity index (χ0n) is 10.3. The van der Waals surface area contributed by atoms with Crippen LogP contribution in [0.25, 0.3) is 0 Å². The molecule has 2 N–H and O–H groups in total. The second-order valence-corrected chi connectivity index (χ2v) is 5.41. The lowest BCUT2D eigenvalue weighted by atomic mass is 10.0. The third-order valence-electron chi connectivity index (χ3n) is 3.20. The first kappa shape index (κ1) is 13.5. The Morgan fingerprint density at radius 1 is 1.44 bits per heavy atom. The lowest BCUT2D eigenvalue weighted by Gasteiger charge is -2.33. The molecule has 1 aliphatic heterocycles. The number of carbonyl (C=O) groups is 1. The number of hydrogen-bond acceptors (Lipinski definition) is 3. The van der Waals surface area contributed by atoms with Gasteiger partial charge in [-0.05, 0) is 24.1 Å². The lowest BCUT2D eigenvalue weighted by molar-refractivity contribution is -0.143. The van der Waals surface area contributed by atoms with E-state index in [0.29, 0.717) is 0 Å². The first-order valence-electron chi connectivity index (χ1n) is 6.03. The minimum absolute atomic E-state index is 0.568. The average molecular weight is 313 g/mol. The summed E-state index contributed by atoms with van der Waals surface area (Å²) < 4.78 is 0.869. The van der Waals surface area contributed by atoms with E-state index in [-0.39, 0.29) is 0 Å². The number of aliphatic carboxylic acids is 1. The molecule has 18 heavy (non-hydrogen) atoms. The number of benzene rings is 1. The van der Waals surface area contributed by atoms with Crippen molar-refractivity contribution < 1.29 is 9.90 Å². The van der Waals surface area contributed by atoms with Crippen molar-refractivity contribution in [2.24, 2.45) is 0 Å². The molecule has 1 aromatic carbocycles. The number of piperazine rings is 1. The molecule has 5 heteroatoms. The number of hydrogen-bond donors (Lipinski definition) is 2. The number of nitrogens with zero attached hydrogens (tertiary/aromatic N) is 1. The van der Waals surface area contributed by atoms with Crippen LogP contribution in [-0.4, -0.2) is 42.2 Å². The van der Waals surface area contributed by atoms with E-state index in [1.165, 1.54) is 0 Å². The van der Waals surface area contributed by atoms with E-state index in [1.807, 2.05) is 30.0 Å². The van der Waals surface area contributed by atoms with Gasteiger partial charge in [0, 0.05) is 30.7 Å². The molecule has 0 radical (unpaired) electrons. The van der Waals surface area contributed by atoms with Crippen LogP contribution in [0.2, 0.25) is 0 Å². The van der Waals surface area contributed by atoms with E-state index in [2.05, 4.69) is 21.2 Å². The highest BCUT2D eigenvalue weighted by Gasteiger charge is 2.29. The Hall–Kier alpha value is -0.910. The fraction of sp³-hybridized carbons (Fsp3) is 0.462. The molecule has 98 valence electrons. The molecule has 0 amide bonds. The molecule has 2 rings (SSSR count). The summed E-state index contributed by atoms with van der Waals surface area (Å²) in [5, 5.41) is 12.7. The molecule has 1 heterocycles. The average Bonchev–Trinajstić information content (AvgIpc) is 2.33. The largest absolute Gasteiger partial charge is 0.480 e. The van der Waals surface area contributed by atoms with Gasteiger partial charge < -0.3 is 10.4 Å².